The van der Waals surface area contributed by atoms with E-state index in [4.69, 9.17) is 11.6 Å². The molecule has 4 rings (SSSR count). The summed E-state index contributed by atoms with van der Waals surface area (Å²) in [5.41, 5.74) is 2.50. The summed E-state index contributed by atoms with van der Waals surface area (Å²) in [5, 5.41) is 10.8. The van der Waals surface area contributed by atoms with Crippen molar-refractivity contribution in [3.63, 3.8) is 0 Å². The Kier molecular flexibility index (Phi) is 6.52. The molecule has 2 unspecified atom stereocenters. The molecule has 0 saturated carbocycles. The molecule has 1 saturated heterocycles. The maximum Gasteiger partial charge on any atom is 0.0567 e. The zero-order valence-electron chi connectivity index (χ0n) is 16.5. The van der Waals surface area contributed by atoms with Gasteiger partial charge in [-0.05, 0) is 56.0 Å². The van der Waals surface area contributed by atoms with E-state index in [9.17, 15) is 5.11 Å². The molecule has 2 atom stereocenters. The second-order valence-corrected chi connectivity index (χ2v) is 9.36. The lowest BCUT2D eigenvalue weighted by atomic mass is 9.96. The number of hydrogen-bond acceptors (Lipinski definition) is 4. The van der Waals surface area contributed by atoms with Gasteiger partial charge in [-0.3, -0.25) is 0 Å². The molecule has 5 heteroatoms. The van der Waals surface area contributed by atoms with E-state index < -0.39 is 0 Å². The van der Waals surface area contributed by atoms with Crippen molar-refractivity contribution in [1.82, 2.24) is 4.90 Å². The quantitative estimate of drug-likeness (QED) is 0.628. The van der Waals surface area contributed by atoms with Crippen LogP contribution in [0, 0.1) is 0 Å². The van der Waals surface area contributed by atoms with Gasteiger partial charge in [-0.2, -0.15) is 0 Å². The molecule has 0 amide bonds. The van der Waals surface area contributed by atoms with Crippen molar-refractivity contribution in [1.29, 1.82) is 0 Å². The molecule has 28 heavy (non-hydrogen) atoms. The van der Waals surface area contributed by atoms with Gasteiger partial charge < -0.3 is 14.9 Å². The van der Waals surface area contributed by atoms with Gasteiger partial charge in [-0.15, -0.1) is 0 Å². The van der Waals surface area contributed by atoms with Gasteiger partial charge in [0.05, 0.1) is 17.5 Å². The summed E-state index contributed by atoms with van der Waals surface area (Å²) in [5.74, 6) is 0. The van der Waals surface area contributed by atoms with E-state index in [1.165, 1.54) is 34.0 Å². The first kappa shape index (κ1) is 20.1. The molecule has 2 aromatic rings. The fourth-order valence-electron chi connectivity index (χ4n) is 4.48. The molecule has 1 fully saturated rings. The van der Waals surface area contributed by atoms with Crippen molar-refractivity contribution in [2.75, 3.05) is 24.5 Å². The first-order valence-corrected chi connectivity index (χ1v) is 11.6. The lowest BCUT2D eigenvalue weighted by Crippen LogP contribution is -2.45. The fourth-order valence-corrected chi connectivity index (χ4v) is 5.72. The van der Waals surface area contributed by atoms with Crippen LogP contribution >= 0.6 is 23.4 Å². The minimum Gasteiger partial charge on any atom is -0.393 e. The van der Waals surface area contributed by atoms with Crippen LogP contribution in [0.3, 0.4) is 0 Å². The Balaban J connectivity index is 1.48. The highest BCUT2D eigenvalue weighted by molar-refractivity contribution is 7.99. The van der Waals surface area contributed by atoms with Crippen molar-refractivity contribution in [3.05, 3.63) is 47.5 Å². The van der Waals surface area contributed by atoms with Crippen LogP contribution in [0.1, 0.15) is 39.0 Å². The molecule has 2 heterocycles. The summed E-state index contributed by atoms with van der Waals surface area (Å²) in [6.45, 7) is 5.31. The Labute approximate surface area is 177 Å². The minimum absolute atomic E-state index is 0.118. The average molecular weight is 417 g/mol. The summed E-state index contributed by atoms with van der Waals surface area (Å²) < 4.78 is 0. The van der Waals surface area contributed by atoms with Crippen LogP contribution in [0.2, 0.25) is 5.02 Å². The van der Waals surface area contributed by atoms with Crippen molar-refractivity contribution < 1.29 is 5.11 Å². The number of benzene rings is 2. The van der Waals surface area contributed by atoms with E-state index in [-0.39, 0.29) is 6.10 Å². The Bertz CT molecular complexity index is 815. The number of halogens is 1. The highest BCUT2D eigenvalue weighted by atomic mass is 35.5. The molecule has 3 nitrogen and oxygen atoms in total. The van der Waals surface area contributed by atoms with Gasteiger partial charge in [-0.1, -0.05) is 48.8 Å². The average Bonchev–Trinajstić information content (AvgIpc) is 2.69. The van der Waals surface area contributed by atoms with Crippen molar-refractivity contribution in [3.8, 4) is 0 Å². The van der Waals surface area contributed by atoms with Gasteiger partial charge in [0.25, 0.3) is 0 Å². The minimum atomic E-state index is -0.118. The maximum atomic E-state index is 10.0. The number of rotatable bonds is 6. The van der Waals surface area contributed by atoms with Crippen molar-refractivity contribution in [2.24, 2.45) is 0 Å². The normalized spacial score (nSPS) is 22.0. The van der Waals surface area contributed by atoms with E-state index in [0.717, 1.165) is 43.9 Å². The lowest BCUT2D eigenvalue weighted by Gasteiger charge is -2.39. The smallest absolute Gasteiger partial charge is 0.0567 e. The SMILES string of the molecule is CCCC1CC(O)CCN1CCCN1c2ccccc2Sc2ccc(Cl)cc21. The van der Waals surface area contributed by atoms with Gasteiger partial charge in [0.2, 0.25) is 0 Å². The topological polar surface area (TPSA) is 26.7 Å². The van der Waals surface area contributed by atoms with Crippen LogP contribution in [0.15, 0.2) is 52.3 Å². The first-order valence-electron chi connectivity index (χ1n) is 10.4. The summed E-state index contributed by atoms with van der Waals surface area (Å²) in [4.78, 5) is 7.61. The van der Waals surface area contributed by atoms with Crippen LogP contribution in [0.5, 0.6) is 0 Å². The summed E-state index contributed by atoms with van der Waals surface area (Å²) in [7, 11) is 0. The number of hydrogen-bond donors (Lipinski definition) is 1. The molecule has 0 spiro atoms. The van der Waals surface area contributed by atoms with Gasteiger partial charge in [0.1, 0.15) is 0 Å². The zero-order chi connectivity index (χ0) is 19.5. The second-order valence-electron chi connectivity index (χ2n) is 7.84. The van der Waals surface area contributed by atoms with Crippen molar-refractivity contribution >= 4 is 34.7 Å². The highest BCUT2D eigenvalue weighted by Gasteiger charge is 2.27. The Morgan fingerprint density at radius 1 is 1.11 bits per heavy atom. The summed E-state index contributed by atoms with van der Waals surface area (Å²) in [6, 6.07) is 15.4. The summed E-state index contributed by atoms with van der Waals surface area (Å²) >= 11 is 8.15. The molecule has 1 N–H and O–H groups in total. The molecule has 150 valence electrons. The third-order valence-electron chi connectivity index (χ3n) is 5.85. The standard InChI is InChI=1S/C23H29ClN2OS/c1-2-6-18-16-19(27)11-14-25(18)12-5-13-26-20-7-3-4-8-22(20)28-23-10-9-17(24)15-21(23)26/h3-4,7-10,15,18-19,27H,2,5-6,11-14,16H2,1H3. The molecular weight excluding hydrogens is 388 g/mol. The molecule has 0 bridgehead atoms. The number of para-hydroxylation sites is 1. The van der Waals surface area contributed by atoms with Gasteiger partial charge >= 0.3 is 0 Å². The zero-order valence-corrected chi connectivity index (χ0v) is 18.1. The highest BCUT2D eigenvalue weighted by Crippen LogP contribution is 2.48. The number of fused-ring (bicyclic) bond motifs is 2. The predicted molar refractivity (Wildman–Crippen MR) is 119 cm³/mol. The Morgan fingerprint density at radius 3 is 2.79 bits per heavy atom. The second kappa shape index (κ2) is 9.08. The first-order chi connectivity index (χ1) is 13.7. The van der Waals surface area contributed by atoms with Crippen LogP contribution in [-0.4, -0.2) is 41.8 Å². The summed E-state index contributed by atoms with van der Waals surface area (Å²) in [6.07, 6.45) is 5.17. The van der Waals surface area contributed by atoms with Gasteiger partial charge in [0, 0.05) is 40.5 Å². The molecule has 2 aliphatic heterocycles. The molecule has 0 radical (unpaired) electrons. The molecule has 2 aliphatic rings. The van der Waals surface area contributed by atoms with E-state index >= 15 is 0 Å². The fraction of sp³-hybridized carbons (Fsp3) is 0.478. The number of aliphatic hydroxyl groups is 1. The van der Waals surface area contributed by atoms with Crippen LogP contribution in [0.25, 0.3) is 0 Å². The largest absolute Gasteiger partial charge is 0.393 e. The van der Waals surface area contributed by atoms with Gasteiger partial charge in [-0.25, -0.2) is 0 Å². The van der Waals surface area contributed by atoms with E-state index in [0.29, 0.717) is 6.04 Å². The number of nitrogens with zero attached hydrogens (tertiary/aromatic N) is 2. The van der Waals surface area contributed by atoms with Crippen molar-refractivity contribution in [2.45, 2.75) is 61.0 Å². The predicted octanol–water partition coefficient (Wildman–Crippen LogP) is 5.96. The number of aliphatic hydroxyl groups excluding tert-OH is 1. The molecule has 2 aromatic carbocycles. The number of anilines is 2. The van der Waals surface area contributed by atoms with E-state index in [1.54, 1.807) is 0 Å². The molecule has 0 aliphatic carbocycles. The number of likely N-dealkylation sites (tertiary alicyclic amines) is 1. The third-order valence-corrected chi connectivity index (χ3v) is 7.21. The Morgan fingerprint density at radius 2 is 1.93 bits per heavy atom. The third kappa shape index (κ3) is 4.35. The Hall–Kier alpha value is -1.20. The molecular formula is C23H29ClN2OS. The molecule has 0 aromatic heterocycles. The van der Waals surface area contributed by atoms with Gasteiger partial charge in [0.15, 0.2) is 0 Å². The monoisotopic (exact) mass is 416 g/mol. The number of piperidine rings is 1. The van der Waals surface area contributed by atoms with E-state index in [2.05, 4.69) is 53.1 Å². The van der Waals surface area contributed by atoms with Crippen LogP contribution in [-0.2, 0) is 0 Å². The lowest BCUT2D eigenvalue weighted by molar-refractivity contribution is 0.0376. The van der Waals surface area contributed by atoms with Crippen LogP contribution in [0.4, 0.5) is 11.4 Å². The maximum absolute atomic E-state index is 10.0. The van der Waals surface area contributed by atoms with Crippen LogP contribution < -0.4 is 4.90 Å². The van der Waals surface area contributed by atoms with E-state index in [1.807, 2.05) is 17.8 Å².